The molecule has 11 heteroatoms. The van der Waals surface area contributed by atoms with E-state index in [2.05, 4.69) is 38.1 Å². The van der Waals surface area contributed by atoms with Crippen molar-refractivity contribution in [1.82, 2.24) is 25.2 Å². The number of rotatable bonds is 6. The summed E-state index contributed by atoms with van der Waals surface area (Å²) in [7, 11) is 0. The molecule has 0 aromatic carbocycles. The van der Waals surface area contributed by atoms with Crippen molar-refractivity contribution in [2.75, 3.05) is 11.9 Å². The number of pyridine rings is 1. The Bertz CT molecular complexity index is 1180. The van der Waals surface area contributed by atoms with Crippen LogP contribution in [0.2, 0.25) is 0 Å². The van der Waals surface area contributed by atoms with E-state index in [-0.39, 0.29) is 24.8 Å². The quantitative estimate of drug-likeness (QED) is 0.506. The summed E-state index contributed by atoms with van der Waals surface area (Å²) in [6.07, 6.45) is 12.6. The zero-order valence-electron chi connectivity index (χ0n) is 20.6. The Balaban J connectivity index is 0.000000270. The number of aromatic nitrogens is 3. The van der Waals surface area contributed by atoms with E-state index in [1.54, 1.807) is 6.20 Å². The lowest BCUT2D eigenvalue weighted by molar-refractivity contribution is -0.132. The fourth-order valence-electron chi connectivity index (χ4n) is 5.10. The Morgan fingerprint density at radius 2 is 2.05 bits per heavy atom. The van der Waals surface area contributed by atoms with E-state index in [0.29, 0.717) is 44.4 Å². The zero-order valence-corrected chi connectivity index (χ0v) is 20.6. The molecule has 2 amide bonds. The monoisotopic (exact) mass is 516 g/mol. The van der Waals surface area contributed by atoms with E-state index in [9.17, 15) is 22.8 Å². The van der Waals surface area contributed by atoms with E-state index >= 15 is 0 Å². The molecule has 5 rings (SSSR count). The van der Waals surface area contributed by atoms with Crippen LogP contribution in [0.15, 0.2) is 54.3 Å². The highest BCUT2D eigenvalue weighted by molar-refractivity contribution is 5.87. The Labute approximate surface area is 213 Å². The molecule has 2 aromatic rings. The summed E-state index contributed by atoms with van der Waals surface area (Å²) in [6, 6.07) is 1.00. The molecule has 3 aliphatic rings. The van der Waals surface area contributed by atoms with Gasteiger partial charge in [-0.25, -0.2) is 18.2 Å². The highest BCUT2D eigenvalue weighted by Crippen LogP contribution is 2.45. The van der Waals surface area contributed by atoms with Crippen molar-refractivity contribution >= 4 is 18.0 Å². The standard InChI is InChI=1S/C20H26F2N4O.C6H5FN2O/c1-14-23-11-12-26(14)13-19(7-4-15-3-2-10-24-17(15)19)18(27)25-16-5-8-20(21,22)9-6-16;7-5-1-6(9-4-10)3-8-2-5/h2-3,11-12,16,24H,4-10,13H2,1H3,(H,25,27);1-4H,(H,9,10). The van der Waals surface area contributed by atoms with Gasteiger partial charge in [-0.15, -0.1) is 0 Å². The maximum atomic E-state index is 13.5. The van der Waals surface area contributed by atoms with Crippen molar-refractivity contribution in [3.8, 4) is 0 Å². The number of alkyl halides is 2. The molecule has 1 saturated carbocycles. The highest BCUT2D eigenvalue weighted by atomic mass is 19.3. The van der Waals surface area contributed by atoms with Gasteiger partial charge in [0.2, 0.25) is 18.2 Å². The number of carbonyl (C=O) groups is 2. The first-order valence-corrected chi connectivity index (χ1v) is 12.3. The van der Waals surface area contributed by atoms with Crippen LogP contribution in [0.25, 0.3) is 0 Å². The third-order valence-corrected chi connectivity index (χ3v) is 7.12. The van der Waals surface area contributed by atoms with E-state index in [0.717, 1.165) is 24.1 Å². The lowest BCUT2D eigenvalue weighted by Crippen LogP contribution is -2.51. The summed E-state index contributed by atoms with van der Waals surface area (Å²) in [5.74, 6) is -2.25. The van der Waals surface area contributed by atoms with Gasteiger partial charge in [-0.2, -0.15) is 0 Å². The third kappa shape index (κ3) is 6.20. The van der Waals surface area contributed by atoms with Crippen molar-refractivity contribution in [3.05, 3.63) is 65.9 Å². The van der Waals surface area contributed by atoms with Gasteiger partial charge in [-0.1, -0.05) is 12.2 Å². The van der Waals surface area contributed by atoms with E-state index in [4.69, 9.17) is 0 Å². The van der Waals surface area contributed by atoms with Gasteiger partial charge in [0.05, 0.1) is 18.1 Å². The first-order valence-electron chi connectivity index (χ1n) is 12.3. The Morgan fingerprint density at radius 1 is 1.27 bits per heavy atom. The predicted molar refractivity (Wildman–Crippen MR) is 132 cm³/mol. The molecule has 1 atom stereocenters. The number of allylic oxidation sites excluding steroid dienone is 2. The van der Waals surface area contributed by atoms with E-state index < -0.39 is 17.2 Å². The Morgan fingerprint density at radius 3 is 2.73 bits per heavy atom. The summed E-state index contributed by atoms with van der Waals surface area (Å²) in [6.45, 7) is 3.13. The fourth-order valence-corrected chi connectivity index (χ4v) is 5.10. The first-order chi connectivity index (χ1) is 17.7. The van der Waals surface area contributed by atoms with Crippen LogP contribution in [0.5, 0.6) is 0 Å². The molecule has 8 nitrogen and oxygen atoms in total. The molecule has 2 aliphatic carbocycles. The largest absolute Gasteiger partial charge is 0.384 e. The van der Waals surface area contributed by atoms with Crippen LogP contribution in [-0.4, -0.2) is 45.4 Å². The molecule has 1 unspecified atom stereocenters. The number of anilines is 1. The normalized spacial score (nSPS) is 22.4. The summed E-state index contributed by atoms with van der Waals surface area (Å²) < 4.78 is 41.2. The van der Waals surface area contributed by atoms with Gasteiger partial charge in [0.25, 0.3) is 0 Å². The molecule has 2 aromatic heterocycles. The number of carbonyl (C=O) groups excluding carboxylic acids is 2. The molecule has 0 saturated heterocycles. The van der Waals surface area contributed by atoms with Crippen LogP contribution < -0.4 is 16.0 Å². The topological polar surface area (TPSA) is 101 Å². The summed E-state index contributed by atoms with van der Waals surface area (Å²) >= 11 is 0. The van der Waals surface area contributed by atoms with Crippen LogP contribution in [-0.2, 0) is 16.1 Å². The van der Waals surface area contributed by atoms with Gasteiger partial charge in [-0.3, -0.25) is 14.6 Å². The number of imidazole rings is 1. The van der Waals surface area contributed by atoms with Gasteiger partial charge >= 0.3 is 0 Å². The Hall–Kier alpha value is -3.63. The number of hydrogen-bond donors (Lipinski definition) is 3. The maximum absolute atomic E-state index is 13.5. The average Bonchev–Trinajstić information content (AvgIpc) is 3.45. The molecule has 0 bridgehead atoms. The van der Waals surface area contributed by atoms with Crippen LogP contribution in [0.3, 0.4) is 0 Å². The second kappa shape index (κ2) is 11.2. The molecule has 0 spiro atoms. The molecular weight excluding hydrogens is 485 g/mol. The van der Waals surface area contributed by atoms with E-state index in [1.165, 1.54) is 17.8 Å². The van der Waals surface area contributed by atoms with Gasteiger partial charge in [0, 0.05) is 56.1 Å². The molecular formula is C26H31F3N6O2. The number of hydrogen-bond acceptors (Lipinski definition) is 5. The molecule has 198 valence electrons. The zero-order chi connectivity index (χ0) is 26.5. The number of dihydropyridines is 1. The first kappa shape index (κ1) is 26.4. The van der Waals surface area contributed by atoms with Crippen LogP contribution in [0, 0.1) is 18.2 Å². The summed E-state index contributed by atoms with van der Waals surface area (Å²) in [5.41, 5.74) is 1.81. The van der Waals surface area contributed by atoms with Crippen molar-refractivity contribution in [1.29, 1.82) is 0 Å². The summed E-state index contributed by atoms with van der Waals surface area (Å²) in [4.78, 5) is 31.1. The Kier molecular flexibility index (Phi) is 7.99. The second-order valence-electron chi connectivity index (χ2n) is 9.63. The van der Waals surface area contributed by atoms with Crippen LogP contribution in [0.4, 0.5) is 18.9 Å². The van der Waals surface area contributed by atoms with Gasteiger partial charge in [-0.05, 0) is 38.2 Å². The minimum Gasteiger partial charge on any atom is -0.384 e. The lowest BCUT2D eigenvalue weighted by atomic mass is 9.81. The predicted octanol–water partition coefficient (Wildman–Crippen LogP) is 3.87. The van der Waals surface area contributed by atoms with Gasteiger partial charge in [0.1, 0.15) is 17.1 Å². The van der Waals surface area contributed by atoms with E-state index in [1.807, 2.05) is 17.7 Å². The lowest BCUT2D eigenvalue weighted by Gasteiger charge is -2.36. The molecule has 1 fully saturated rings. The maximum Gasteiger partial charge on any atom is 0.248 e. The molecule has 1 aliphatic heterocycles. The minimum atomic E-state index is -2.59. The third-order valence-electron chi connectivity index (χ3n) is 7.12. The second-order valence-corrected chi connectivity index (χ2v) is 9.63. The number of aryl methyl sites for hydroxylation is 1. The molecule has 3 N–H and O–H groups in total. The van der Waals surface area contributed by atoms with Crippen molar-refractivity contribution in [2.45, 2.75) is 64.0 Å². The fraction of sp³-hybridized carbons (Fsp3) is 0.462. The van der Waals surface area contributed by atoms with Crippen LogP contribution in [0.1, 0.15) is 44.3 Å². The molecule has 37 heavy (non-hydrogen) atoms. The number of nitrogens with zero attached hydrogens (tertiary/aromatic N) is 3. The SMILES string of the molecule is Cc1nccn1CC1(C(=O)NC2CCC(F)(F)CC2)CCC2=C1NCC=C2.O=CNc1cncc(F)c1. The number of amides is 2. The average molecular weight is 517 g/mol. The van der Waals surface area contributed by atoms with Crippen LogP contribution >= 0.6 is 0 Å². The van der Waals surface area contributed by atoms with Crippen molar-refractivity contribution in [2.24, 2.45) is 5.41 Å². The number of nitrogens with one attached hydrogen (secondary N) is 3. The minimum absolute atomic E-state index is 0.0568. The number of halogens is 3. The highest BCUT2D eigenvalue weighted by Gasteiger charge is 2.48. The van der Waals surface area contributed by atoms with Crippen molar-refractivity contribution in [3.63, 3.8) is 0 Å². The van der Waals surface area contributed by atoms with Gasteiger partial charge in [0.15, 0.2) is 0 Å². The molecule has 0 radical (unpaired) electrons. The van der Waals surface area contributed by atoms with Crippen molar-refractivity contribution < 1.29 is 22.8 Å². The van der Waals surface area contributed by atoms with Gasteiger partial charge < -0.3 is 20.5 Å². The smallest absolute Gasteiger partial charge is 0.248 e. The summed E-state index contributed by atoms with van der Waals surface area (Å²) in [5, 5.41) is 8.78. The molecule has 3 heterocycles.